The SMILES string of the molecule is Cc1cc(CC(C)N)cnc1Sc1cnn(C)c1. The van der Waals surface area contributed by atoms with Crippen molar-refractivity contribution in [2.75, 3.05) is 0 Å². The summed E-state index contributed by atoms with van der Waals surface area (Å²) in [5, 5.41) is 5.18. The molecule has 5 heteroatoms. The summed E-state index contributed by atoms with van der Waals surface area (Å²) in [6, 6.07) is 2.33. The van der Waals surface area contributed by atoms with Crippen LogP contribution in [0.1, 0.15) is 18.1 Å². The van der Waals surface area contributed by atoms with Gasteiger partial charge in [0.2, 0.25) is 0 Å². The van der Waals surface area contributed by atoms with Gasteiger partial charge in [-0.15, -0.1) is 0 Å². The lowest BCUT2D eigenvalue weighted by atomic mass is 10.1. The van der Waals surface area contributed by atoms with E-state index in [1.54, 1.807) is 16.4 Å². The molecule has 0 saturated carbocycles. The normalized spacial score (nSPS) is 12.7. The van der Waals surface area contributed by atoms with Crippen LogP contribution in [0.5, 0.6) is 0 Å². The Bertz CT molecular complexity index is 534. The average Bonchev–Trinajstić information content (AvgIpc) is 2.67. The topological polar surface area (TPSA) is 56.7 Å². The Balaban J connectivity index is 2.14. The molecule has 0 aliphatic rings. The number of hydrogen-bond acceptors (Lipinski definition) is 4. The van der Waals surface area contributed by atoms with Crippen LogP contribution >= 0.6 is 11.8 Å². The van der Waals surface area contributed by atoms with Gasteiger partial charge in [-0.2, -0.15) is 5.10 Å². The van der Waals surface area contributed by atoms with Gasteiger partial charge in [-0.25, -0.2) is 4.98 Å². The van der Waals surface area contributed by atoms with Gasteiger partial charge in [-0.3, -0.25) is 4.68 Å². The van der Waals surface area contributed by atoms with Crippen LogP contribution in [-0.4, -0.2) is 20.8 Å². The summed E-state index contributed by atoms with van der Waals surface area (Å²) in [6.07, 6.45) is 6.62. The minimum atomic E-state index is 0.169. The van der Waals surface area contributed by atoms with Gasteiger partial charge in [-0.1, -0.05) is 17.8 Å². The maximum Gasteiger partial charge on any atom is 0.104 e. The van der Waals surface area contributed by atoms with Crippen LogP contribution < -0.4 is 5.73 Å². The Morgan fingerprint density at radius 1 is 1.44 bits per heavy atom. The van der Waals surface area contributed by atoms with Crippen molar-refractivity contribution in [1.82, 2.24) is 14.8 Å². The molecule has 1 atom stereocenters. The molecule has 0 bridgehead atoms. The van der Waals surface area contributed by atoms with E-state index in [2.05, 4.69) is 23.1 Å². The fraction of sp³-hybridized carbons (Fsp3) is 0.385. The van der Waals surface area contributed by atoms with Crippen molar-refractivity contribution in [3.8, 4) is 0 Å². The molecular weight excluding hydrogens is 244 g/mol. The Kier molecular flexibility index (Phi) is 4.04. The third-order valence-corrected chi connectivity index (χ3v) is 3.61. The van der Waals surface area contributed by atoms with Gasteiger partial charge < -0.3 is 5.73 Å². The van der Waals surface area contributed by atoms with Crippen molar-refractivity contribution < 1.29 is 0 Å². The third kappa shape index (κ3) is 3.34. The number of hydrogen-bond donors (Lipinski definition) is 1. The van der Waals surface area contributed by atoms with E-state index < -0.39 is 0 Å². The molecule has 0 aliphatic carbocycles. The molecule has 0 fully saturated rings. The van der Waals surface area contributed by atoms with Crippen LogP contribution in [0.4, 0.5) is 0 Å². The second-order valence-electron chi connectivity index (χ2n) is 4.60. The summed E-state index contributed by atoms with van der Waals surface area (Å²) >= 11 is 1.64. The van der Waals surface area contributed by atoms with Crippen LogP contribution in [0.3, 0.4) is 0 Å². The number of rotatable bonds is 4. The van der Waals surface area contributed by atoms with Crippen molar-refractivity contribution in [3.05, 3.63) is 35.8 Å². The Hall–Kier alpha value is -1.33. The molecule has 4 nitrogen and oxygen atoms in total. The van der Waals surface area contributed by atoms with Gasteiger partial charge in [0, 0.05) is 25.5 Å². The molecule has 0 aliphatic heterocycles. The van der Waals surface area contributed by atoms with Crippen molar-refractivity contribution in [2.45, 2.75) is 36.2 Å². The Morgan fingerprint density at radius 3 is 2.78 bits per heavy atom. The van der Waals surface area contributed by atoms with Crippen molar-refractivity contribution in [3.63, 3.8) is 0 Å². The lowest BCUT2D eigenvalue weighted by Gasteiger charge is -2.08. The lowest BCUT2D eigenvalue weighted by molar-refractivity contribution is 0.733. The van der Waals surface area contributed by atoms with E-state index in [0.29, 0.717) is 0 Å². The Labute approximate surface area is 112 Å². The molecule has 2 aromatic rings. The highest BCUT2D eigenvalue weighted by molar-refractivity contribution is 7.99. The van der Waals surface area contributed by atoms with Gasteiger partial charge in [0.1, 0.15) is 5.03 Å². The minimum Gasteiger partial charge on any atom is -0.328 e. The Morgan fingerprint density at radius 2 is 2.22 bits per heavy atom. The summed E-state index contributed by atoms with van der Waals surface area (Å²) in [5.74, 6) is 0. The highest BCUT2D eigenvalue weighted by Crippen LogP contribution is 2.28. The predicted octanol–water partition coefficient (Wildman–Crippen LogP) is 2.16. The molecule has 0 radical (unpaired) electrons. The molecule has 2 N–H and O–H groups in total. The van der Waals surface area contributed by atoms with Crippen LogP contribution in [-0.2, 0) is 13.5 Å². The molecular formula is C13H18N4S. The minimum absolute atomic E-state index is 0.169. The van der Waals surface area contributed by atoms with Gasteiger partial charge in [-0.05, 0) is 31.4 Å². The van der Waals surface area contributed by atoms with E-state index in [9.17, 15) is 0 Å². The molecule has 0 saturated heterocycles. The largest absolute Gasteiger partial charge is 0.328 e. The quantitative estimate of drug-likeness (QED) is 0.917. The maximum absolute atomic E-state index is 5.79. The van der Waals surface area contributed by atoms with E-state index in [1.165, 1.54) is 11.1 Å². The maximum atomic E-state index is 5.79. The zero-order chi connectivity index (χ0) is 13.1. The molecule has 2 aromatic heterocycles. The molecule has 96 valence electrons. The monoisotopic (exact) mass is 262 g/mol. The molecule has 0 amide bonds. The smallest absolute Gasteiger partial charge is 0.104 e. The number of pyridine rings is 1. The second kappa shape index (κ2) is 5.54. The highest BCUT2D eigenvalue weighted by atomic mass is 32.2. The summed E-state index contributed by atoms with van der Waals surface area (Å²) < 4.78 is 1.79. The van der Waals surface area contributed by atoms with E-state index in [-0.39, 0.29) is 6.04 Å². The summed E-state index contributed by atoms with van der Waals surface area (Å²) in [6.45, 7) is 4.09. The van der Waals surface area contributed by atoms with Crippen molar-refractivity contribution in [1.29, 1.82) is 0 Å². The number of nitrogens with two attached hydrogens (primary N) is 1. The van der Waals surface area contributed by atoms with Gasteiger partial charge in [0.25, 0.3) is 0 Å². The molecule has 2 rings (SSSR count). The molecule has 0 aromatic carbocycles. The molecule has 1 unspecified atom stereocenters. The summed E-state index contributed by atoms with van der Waals surface area (Å²) in [7, 11) is 1.91. The summed E-state index contributed by atoms with van der Waals surface area (Å²) in [4.78, 5) is 5.61. The average molecular weight is 262 g/mol. The standard InChI is InChI=1S/C13H18N4S/c1-9-4-11(5-10(2)14)6-15-13(9)18-12-7-16-17(3)8-12/h4,6-8,10H,5,14H2,1-3H3. The first-order valence-corrected chi connectivity index (χ1v) is 6.74. The first-order valence-electron chi connectivity index (χ1n) is 5.92. The van der Waals surface area contributed by atoms with Crippen molar-refractivity contribution in [2.24, 2.45) is 12.8 Å². The van der Waals surface area contributed by atoms with Crippen molar-refractivity contribution >= 4 is 11.8 Å². The third-order valence-electron chi connectivity index (χ3n) is 2.54. The fourth-order valence-corrected chi connectivity index (χ4v) is 2.63. The van der Waals surface area contributed by atoms with E-state index in [4.69, 9.17) is 5.73 Å². The zero-order valence-electron chi connectivity index (χ0n) is 10.9. The van der Waals surface area contributed by atoms with Gasteiger partial charge >= 0.3 is 0 Å². The number of aryl methyl sites for hydroxylation is 2. The van der Waals surface area contributed by atoms with E-state index >= 15 is 0 Å². The number of aromatic nitrogens is 3. The zero-order valence-corrected chi connectivity index (χ0v) is 11.7. The fourth-order valence-electron chi connectivity index (χ4n) is 1.77. The van der Waals surface area contributed by atoms with Gasteiger partial charge in [0.05, 0.1) is 11.1 Å². The molecule has 18 heavy (non-hydrogen) atoms. The van der Waals surface area contributed by atoms with Crippen LogP contribution in [0.25, 0.3) is 0 Å². The van der Waals surface area contributed by atoms with E-state index in [1.807, 2.05) is 32.6 Å². The van der Waals surface area contributed by atoms with Crippen LogP contribution in [0, 0.1) is 6.92 Å². The second-order valence-corrected chi connectivity index (χ2v) is 5.66. The molecule has 2 heterocycles. The van der Waals surface area contributed by atoms with Crippen LogP contribution in [0.15, 0.2) is 34.6 Å². The predicted molar refractivity (Wildman–Crippen MR) is 73.7 cm³/mol. The van der Waals surface area contributed by atoms with Crippen LogP contribution in [0.2, 0.25) is 0 Å². The first-order chi connectivity index (χ1) is 8.54. The lowest BCUT2D eigenvalue weighted by Crippen LogP contribution is -2.17. The van der Waals surface area contributed by atoms with Gasteiger partial charge in [0.15, 0.2) is 0 Å². The number of nitrogens with zero attached hydrogens (tertiary/aromatic N) is 3. The first kappa shape index (κ1) is 13.1. The molecule has 0 spiro atoms. The van der Waals surface area contributed by atoms with E-state index in [0.717, 1.165) is 16.3 Å². The highest BCUT2D eigenvalue weighted by Gasteiger charge is 2.06. The summed E-state index contributed by atoms with van der Waals surface area (Å²) in [5.41, 5.74) is 8.17.